The zero-order valence-corrected chi connectivity index (χ0v) is 28.0. The number of fused-ring (bicyclic) bond motifs is 4. The Balaban J connectivity index is 1.43. The molecule has 2 aromatic heterocycles. The van der Waals surface area contributed by atoms with Gasteiger partial charge in [0.05, 0.1) is 33.8 Å². The van der Waals surface area contributed by atoms with Crippen molar-refractivity contribution in [2.75, 3.05) is 9.80 Å². The van der Waals surface area contributed by atoms with Crippen LogP contribution in [0.15, 0.2) is 170 Å². The van der Waals surface area contributed by atoms with E-state index >= 15 is 0 Å². The number of aryl methyl sites for hydroxylation is 2. The van der Waals surface area contributed by atoms with Crippen LogP contribution >= 0.6 is 0 Å². The Hall–Kier alpha value is -6.52. The second-order valence-electron chi connectivity index (χ2n) is 12.8. The van der Waals surface area contributed by atoms with Crippen LogP contribution in [0.4, 0.5) is 34.1 Å². The lowest BCUT2D eigenvalue weighted by atomic mass is 9.95. The topological polar surface area (TPSA) is 32.3 Å². The maximum Gasteiger partial charge on any atom is 0.0942 e. The summed E-state index contributed by atoms with van der Waals surface area (Å²) in [7, 11) is 0. The van der Waals surface area contributed by atoms with Crippen molar-refractivity contribution >= 4 is 77.5 Å². The minimum absolute atomic E-state index is 0.955. The van der Waals surface area contributed by atoms with Crippen molar-refractivity contribution in [1.29, 1.82) is 0 Å². The number of rotatable bonds is 6. The summed E-state index contributed by atoms with van der Waals surface area (Å²) in [4.78, 5) is 14.7. The van der Waals surface area contributed by atoms with Crippen LogP contribution in [-0.4, -0.2) is 9.97 Å². The third kappa shape index (κ3) is 4.92. The average Bonchev–Trinajstić information content (AvgIpc) is 3.17. The van der Waals surface area contributed by atoms with Crippen LogP contribution in [-0.2, 0) is 0 Å². The summed E-state index contributed by atoms with van der Waals surface area (Å²) in [5.74, 6) is 0. The molecule has 0 N–H and O–H groups in total. The monoisotopic (exact) mass is 642 g/mol. The molecule has 0 saturated carbocycles. The lowest BCUT2D eigenvalue weighted by Gasteiger charge is -2.33. The van der Waals surface area contributed by atoms with Gasteiger partial charge >= 0.3 is 0 Å². The molecule has 0 aliphatic carbocycles. The Morgan fingerprint density at radius 1 is 0.360 bits per heavy atom. The van der Waals surface area contributed by atoms with Gasteiger partial charge in [0.25, 0.3) is 0 Å². The Labute approximate surface area is 291 Å². The van der Waals surface area contributed by atoms with E-state index in [2.05, 4.69) is 169 Å². The molecule has 0 bridgehead atoms. The number of nitrogens with zero attached hydrogens (tertiary/aromatic N) is 4. The van der Waals surface area contributed by atoms with Gasteiger partial charge in [-0.25, -0.2) is 0 Å². The molecule has 50 heavy (non-hydrogen) atoms. The molecule has 0 radical (unpaired) electrons. The van der Waals surface area contributed by atoms with Crippen LogP contribution < -0.4 is 9.80 Å². The fourth-order valence-corrected chi connectivity index (χ4v) is 7.27. The molecule has 0 saturated heterocycles. The van der Waals surface area contributed by atoms with E-state index in [1.54, 1.807) is 0 Å². The van der Waals surface area contributed by atoms with Gasteiger partial charge in [-0.1, -0.05) is 120 Å². The molecule has 7 aromatic carbocycles. The number of hydrogen-bond donors (Lipinski definition) is 0. The Kier molecular flexibility index (Phi) is 7.21. The number of aromatic nitrogens is 2. The Morgan fingerprint density at radius 3 is 1.10 bits per heavy atom. The minimum atomic E-state index is 0.955. The molecule has 238 valence electrons. The van der Waals surface area contributed by atoms with E-state index in [0.29, 0.717) is 0 Å². The van der Waals surface area contributed by atoms with Gasteiger partial charge in [-0.2, -0.15) is 0 Å². The molecule has 2 heterocycles. The second kappa shape index (κ2) is 12.2. The fraction of sp³-hybridized carbons (Fsp3) is 0.0435. The number of benzene rings is 7. The van der Waals surface area contributed by atoms with Gasteiger partial charge in [0.1, 0.15) is 0 Å². The minimum Gasteiger partial charge on any atom is -0.307 e. The molecule has 0 spiro atoms. The Morgan fingerprint density at radius 2 is 0.720 bits per heavy atom. The summed E-state index contributed by atoms with van der Waals surface area (Å²) in [6.07, 6.45) is 3.77. The number of pyridine rings is 2. The number of hydrogen-bond acceptors (Lipinski definition) is 4. The predicted molar refractivity (Wildman–Crippen MR) is 211 cm³/mol. The van der Waals surface area contributed by atoms with Crippen molar-refractivity contribution in [3.05, 3.63) is 181 Å². The van der Waals surface area contributed by atoms with Crippen molar-refractivity contribution in [2.24, 2.45) is 0 Å². The summed E-state index contributed by atoms with van der Waals surface area (Å²) in [6.45, 7) is 4.27. The number of para-hydroxylation sites is 2. The van der Waals surface area contributed by atoms with Gasteiger partial charge in [-0.3, -0.25) is 9.97 Å². The molecule has 0 aliphatic rings. The SMILES string of the molecule is Cc1ccc(N(c2c3ccccc3c(N(c3ccc(C)cc3)c3cccc4cccnc34)c3ccccc23)c2cccc3cccnc23)cc1. The highest BCUT2D eigenvalue weighted by Gasteiger charge is 2.27. The number of anilines is 6. The molecule has 0 amide bonds. The second-order valence-corrected chi connectivity index (χ2v) is 12.8. The zero-order valence-electron chi connectivity index (χ0n) is 28.0. The lowest BCUT2D eigenvalue weighted by Crippen LogP contribution is -2.15. The van der Waals surface area contributed by atoms with Crippen LogP contribution in [0.3, 0.4) is 0 Å². The van der Waals surface area contributed by atoms with Crippen molar-refractivity contribution in [1.82, 2.24) is 9.97 Å². The van der Waals surface area contributed by atoms with Gasteiger partial charge in [0, 0.05) is 56.1 Å². The molecule has 9 aromatic rings. The van der Waals surface area contributed by atoms with Crippen LogP contribution in [0.2, 0.25) is 0 Å². The van der Waals surface area contributed by atoms with E-state index in [9.17, 15) is 0 Å². The van der Waals surface area contributed by atoms with E-state index in [1.165, 1.54) is 11.1 Å². The molecule has 0 unspecified atom stereocenters. The Bertz CT molecular complexity index is 2430. The van der Waals surface area contributed by atoms with Crippen LogP contribution in [0.1, 0.15) is 11.1 Å². The highest BCUT2D eigenvalue weighted by molar-refractivity contribution is 6.24. The van der Waals surface area contributed by atoms with Crippen LogP contribution in [0.25, 0.3) is 43.4 Å². The smallest absolute Gasteiger partial charge is 0.0942 e. The van der Waals surface area contributed by atoms with Crippen LogP contribution in [0.5, 0.6) is 0 Å². The first kappa shape index (κ1) is 29.6. The molecule has 4 nitrogen and oxygen atoms in total. The van der Waals surface area contributed by atoms with E-state index < -0.39 is 0 Å². The molecule has 0 fully saturated rings. The first-order valence-corrected chi connectivity index (χ1v) is 17.0. The summed E-state index contributed by atoms with van der Waals surface area (Å²) in [5, 5.41) is 6.75. The highest BCUT2D eigenvalue weighted by Crippen LogP contribution is 2.52. The third-order valence-corrected chi connectivity index (χ3v) is 9.61. The fourth-order valence-electron chi connectivity index (χ4n) is 7.27. The summed E-state index contributed by atoms with van der Waals surface area (Å²) >= 11 is 0. The molecular weight excluding hydrogens is 609 g/mol. The predicted octanol–water partition coefficient (Wildman–Crippen LogP) is 12.6. The zero-order chi connectivity index (χ0) is 33.6. The molecule has 4 heteroatoms. The molecule has 9 rings (SSSR count). The van der Waals surface area contributed by atoms with Gasteiger partial charge in [-0.15, -0.1) is 0 Å². The van der Waals surface area contributed by atoms with E-state index in [-0.39, 0.29) is 0 Å². The first-order chi connectivity index (χ1) is 24.7. The molecule has 0 aliphatic heterocycles. The van der Waals surface area contributed by atoms with Gasteiger partial charge < -0.3 is 9.80 Å². The highest BCUT2D eigenvalue weighted by atomic mass is 15.2. The van der Waals surface area contributed by atoms with Crippen molar-refractivity contribution in [3.8, 4) is 0 Å². The van der Waals surface area contributed by atoms with E-state index in [4.69, 9.17) is 9.97 Å². The van der Waals surface area contributed by atoms with Crippen molar-refractivity contribution < 1.29 is 0 Å². The maximum atomic E-state index is 4.94. The van der Waals surface area contributed by atoms with Crippen molar-refractivity contribution in [2.45, 2.75) is 13.8 Å². The molecule has 0 atom stereocenters. The molecular formula is C46H34N4. The summed E-state index contributed by atoms with van der Waals surface area (Å²) < 4.78 is 0. The standard InChI is InChI=1S/C46H34N4/c1-31-21-25-35(26-22-31)49(41-19-7-11-33-13-9-29-47-43(33)41)45-37-15-3-5-17-39(37)46(40-18-6-4-16-38(40)45)50(36-27-23-32(2)24-28-36)42-20-8-12-34-14-10-30-48-44(34)42/h3-30H,1-2H3. The summed E-state index contributed by atoms with van der Waals surface area (Å²) in [6, 6.07) is 56.4. The van der Waals surface area contributed by atoms with Gasteiger partial charge in [0.2, 0.25) is 0 Å². The lowest BCUT2D eigenvalue weighted by molar-refractivity contribution is 1.28. The van der Waals surface area contributed by atoms with Gasteiger partial charge in [0.15, 0.2) is 0 Å². The third-order valence-electron chi connectivity index (χ3n) is 9.61. The quantitative estimate of drug-likeness (QED) is 0.133. The maximum absolute atomic E-state index is 4.94. The van der Waals surface area contributed by atoms with Gasteiger partial charge in [-0.05, 0) is 62.4 Å². The normalized spacial score (nSPS) is 11.4. The average molecular weight is 643 g/mol. The van der Waals surface area contributed by atoms with E-state index in [1.807, 2.05) is 24.5 Å². The van der Waals surface area contributed by atoms with Crippen molar-refractivity contribution in [3.63, 3.8) is 0 Å². The van der Waals surface area contributed by atoms with Crippen LogP contribution in [0, 0.1) is 13.8 Å². The van der Waals surface area contributed by atoms with E-state index in [0.717, 1.165) is 77.5 Å². The summed E-state index contributed by atoms with van der Waals surface area (Å²) in [5.41, 5.74) is 10.8. The first-order valence-electron chi connectivity index (χ1n) is 17.0. The largest absolute Gasteiger partial charge is 0.307 e.